The van der Waals surface area contributed by atoms with Crippen LogP contribution in [0.25, 0.3) is 0 Å². The minimum absolute atomic E-state index is 0.136. The number of alkyl carbamates (subject to hydrolysis) is 1. The minimum atomic E-state index is -0.696. The normalized spacial score (nSPS) is 17.5. The first-order chi connectivity index (χ1) is 12.2. The lowest BCUT2D eigenvalue weighted by atomic mass is 9.96. The molecule has 0 bridgehead atoms. The number of benzene rings is 1. The number of nitrogens with zero attached hydrogens (tertiary/aromatic N) is 1. The molecule has 1 aliphatic rings. The number of carboxylic acids is 1. The van der Waals surface area contributed by atoms with Crippen molar-refractivity contribution >= 4 is 12.1 Å². The van der Waals surface area contributed by atoms with Crippen LogP contribution in [-0.4, -0.2) is 47.3 Å². The smallest absolute Gasteiger partial charge is 0.408 e. The summed E-state index contributed by atoms with van der Waals surface area (Å²) in [6.07, 6.45) is 1.70. The van der Waals surface area contributed by atoms with Gasteiger partial charge in [0.05, 0.1) is 12.0 Å². The van der Waals surface area contributed by atoms with E-state index in [1.165, 1.54) is 0 Å². The van der Waals surface area contributed by atoms with E-state index in [9.17, 15) is 9.59 Å². The molecule has 1 aliphatic heterocycles. The number of likely N-dealkylation sites (tertiary alicyclic amines) is 1. The molecule has 1 aromatic carbocycles. The van der Waals surface area contributed by atoms with E-state index >= 15 is 0 Å². The molecule has 1 saturated heterocycles. The molecule has 0 radical (unpaired) electrons. The lowest BCUT2D eigenvalue weighted by Crippen LogP contribution is -2.39. The number of piperidine rings is 1. The van der Waals surface area contributed by atoms with Crippen molar-refractivity contribution in [1.82, 2.24) is 10.2 Å². The molecular weight excluding hydrogens is 332 g/mol. The summed E-state index contributed by atoms with van der Waals surface area (Å²) in [6.45, 7) is 7.90. The number of nitrogens with one attached hydrogen (secondary N) is 1. The summed E-state index contributed by atoms with van der Waals surface area (Å²) in [6, 6.07) is 9.72. The van der Waals surface area contributed by atoms with Crippen LogP contribution < -0.4 is 5.32 Å². The zero-order valence-corrected chi connectivity index (χ0v) is 15.9. The second-order valence-corrected chi connectivity index (χ2v) is 7.85. The number of rotatable bonds is 6. The third-order valence-electron chi connectivity index (χ3n) is 4.56. The highest BCUT2D eigenvalue weighted by molar-refractivity contribution is 5.70. The molecule has 6 nitrogen and oxygen atoms in total. The molecule has 1 aromatic rings. The van der Waals surface area contributed by atoms with Crippen molar-refractivity contribution in [2.45, 2.75) is 51.7 Å². The first kappa shape index (κ1) is 20.2. The van der Waals surface area contributed by atoms with Crippen molar-refractivity contribution in [3.8, 4) is 0 Å². The number of hydrogen-bond donors (Lipinski definition) is 2. The third kappa shape index (κ3) is 6.67. The van der Waals surface area contributed by atoms with E-state index in [4.69, 9.17) is 9.84 Å². The van der Waals surface area contributed by atoms with Gasteiger partial charge in [-0.3, -0.25) is 4.79 Å². The maximum absolute atomic E-state index is 12.2. The second kappa shape index (κ2) is 9.03. The predicted octanol–water partition coefficient (Wildman–Crippen LogP) is 3.44. The molecule has 1 fully saturated rings. The molecule has 144 valence electrons. The van der Waals surface area contributed by atoms with Gasteiger partial charge in [-0.2, -0.15) is 0 Å². The Bertz CT molecular complexity index is 590. The summed E-state index contributed by atoms with van der Waals surface area (Å²) in [5.41, 5.74) is 0.503. The van der Waals surface area contributed by atoms with Crippen LogP contribution in [0.15, 0.2) is 30.3 Å². The van der Waals surface area contributed by atoms with Crippen molar-refractivity contribution < 1.29 is 19.4 Å². The van der Waals surface area contributed by atoms with E-state index in [-0.39, 0.29) is 12.0 Å². The number of carboxylic acid groups (broad SMARTS) is 1. The first-order valence-corrected chi connectivity index (χ1v) is 9.24. The lowest BCUT2D eigenvalue weighted by Gasteiger charge is -2.31. The molecule has 0 aliphatic carbocycles. The predicted molar refractivity (Wildman–Crippen MR) is 100.0 cm³/mol. The Kier molecular flexibility index (Phi) is 7.03. The molecule has 1 unspecified atom stereocenters. The highest BCUT2D eigenvalue weighted by Crippen LogP contribution is 2.21. The van der Waals surface area contributed by atoms with Crippen molar-refractivity contribution in [2.24, 2.45) is 5.92 Å². The summed E-state index contributed by atoms with van der Waals surface area (Å²) in [4.78, 5) is 25.5. The average molecular weight is 362 g/mol. The summed E-state index contributed by atoms with van der Waals surface area (Å²) in [7, 11) is 0. The zero-order valence-electron chi connectivity index (χ0n) is 15.9. The van der Waals surface area contributed by atoms with E-state index in [0.29, 0.717) is 12.8 Å². The van der Waals surface area contributed by atoms with E-state index < -0.39 is 17.7 Å². The summed E-state index contributed by atoms with van der Waals surface area (Å²) in [5.74, 6) is -0.922. The Hall–Kier alpha value is -2.08. The first-order valence-electron chi connectivity index (χ1n) is 9.24. The highest BCUT2D eigenvalue weighted by Gasteiger charge is 2.26. The lowest BCUT2D eigenvalue weighted by molar-refractivity contribution is -0.143. The maximum Gasteiger partial charge on any atom is 0.408 e. The molecule has 2 N–H and O–H groups in total. The number of carbonyl (C=O) groups is 2. The van der Waals surface area contributed by atoms with Gasteiger partial charge in [-0.15, -0.1) is 0 Å². The number of hydrogen-bond acceptors (Lipinski definition) is 4. The summed E-state index contributed by atoms with van der Waals surface area (Å²) < 4.78 is 5.39. The Morgan fingerprint density at radius 2 is 1.85 bits per heavy atom. The summed E-state index contributed by atoms with van der Waals surface area (Å²) in [5, 5.41) is 12.1. The van der Waals surface area contributed by atoms with E-state index in [0.717, 1.165) is 31.6 Å². The molecule has 26 heavy (non-hydrogen) atoms. The maximum atomic E-state index is 12.2. The summed E-state index contributed by atoms with van der Waals surface area (Å²) >= 11 is 0. The number of aliphatic carboxylic acids is 1. The SMILES string of the molecule is CC(C)(C)OC(=O)NC(CCN1CCC(C(=O)O)CC1)c1ccccc1. The number of amides is 1. The molecule has 1 atom stereocenters. The van der Waals surface area contributed by atoms with E-state index in [2.05, 4.69) is 10.2 Å². The standard InChI is InChI=1S/C20H30N2O4/c1-20(2,3)26-19(25)21-17(15-7-5-4-6-8-15)11-14-22-12-9-16(10-13-22)18(23)24/h4-8,16-17H,9-14H2,1-3H3,(H,21,25)(H,23,24). The van der Waals surface area contributed by atoms with Gasteiger partial charge in [0.25, 0.3) is 0 Å². The molecule has 1 heterocycles. The van der Waals surface area contributed by atoms with Crippen LogP contribution in [0.3, 0.4) is 0 Å². The van der Waals surface area contributed by atoms with Gasteiger partial charge in [-0.25, -0.2) is 4.79 Å². The Morgan fingerprint density at radius 1 is 1.23 bits per heavy atom. The van der Waals surface area contributed by atoms with E-state index in [1.807, 2.05) is 51.1 Å². The van der Waals surface area contributed by atoms with Crippen LogP contribution >= 0.6 is 0 Å². The fourth-order valence-electron chi connectivity index (χ4n) is 3.17. The molecule has 2 rings (SSSR count). The van der Waals surface area contributed by atoms with Gasteiger partial charge >= 0.3 is 12.1 Å². The monoisotopic (exact) mass is 362 g/mol. The topological polar surface area (TPSA) is 78.9 Å². The Morgan fingerprint density at radius 3 is 2.38 bits per heavy atom. The van der Waals surface area contributed by atoms with Gasteiger partial charge in [-0.05, 0) is 58.7 Å². The van der Waals surface area contributed by atoms with Crippen LogP contribution in [-0.2, 0) is 9.53 Å². The Balaban J connectivity index is 1.93. The average Bonchev–Trinajstić information content (AvgIpc) is 2.58. The zero-order chi connectivity index (χ0) is 19.2. The largest absolute Gasteiger partial charge is 0.481 e. The van der Waals surface area contributed by atoms with Gasteiger partial charge in [0.1, 0.15) is 5.60 Å². The van der Waals surface area contributed by atoms with Crippen molar-refractivity contribution in [1.29, 1.82) is 0 Å². The van der Waals surface area contributed by atoms with Gasteiger partial charge in [-0.1, -0.05) is 30.3 Å². The number of ether oxygens (including phenoxy) is 1. The van der Waals surface area contributed by atoms with Crippen LogP contribution in [0.1, 0.15) is 51.6 Å². The van der Waals surface area contributed by atoms with Crippen LogP contribution in [0.2, 0.25) is 0 Å². The third-order valence-corrected chi connectivity index (χ3v) is 4.56. The van der Waals surface area contributed by atoms with Crippen molar-refractivity contribution in [2.75, 3.05) is 19.6 Å². The highest BCUT2D eigenvalue weighted by atomic mass is 16.6. The van der Waals surface area contributed by atoms with Gasteiger partial charge in [0, 0.05) is 6.54 Å². The van der Waals surface area contributed by atoms with Gasteiger partial charge in [0.2, 0.25) is 0 Å². The fourth-order valence-corrected chi connectivity index (χ4v) is 3.17. The van der Waals surface area contributed by atoms with Crippen molar-refractivity contribution in [3.63, 3.8) is 0 Å². The fraction of sp³-hybridized carbons (Fsp3) is 0.600. The van der Waals surface area contributed by atoms with Crippen molar-refractivity contribution in [3.05, 3.63) is 35.9 Å². The minimum Gasteiger partial charge on any atom is -0.481 e. The molecule has 1 amide bonds. The molecule has 0 spiro atoms. The van der Waals surface area contributed by atoms with Gasteiger partial charge in [0.15, 0.2) is 0 Å². The molecule has 6 heteroatoms. The van der Waals surface area contributed by atoms with Crippen LogP contribution in [0.4, 0.5) is 4.79 Å². The molecular formula is C20H30N2O4. The van der Waals surface area contributed by atoms with Crippen LogP contribution in [0.5, 0.6) is 0 Å². The van der Waals surface area contributed by atoms with Gasteiger partial charge < -0.3 is 20.1 Å². The van der Waals surface area contributed by atoms with E-state index in [1.54, 1.807) is 0 Å². The Labute approximate surface area is 155 Å². The number of carbonyl (C=O) groups excluding carboxylic acids is 1. The quantitative estimate of drug-likeness (QED) is 0.810. The molecule has 0 saturated carbocycles. The van der Waals surface area contributed by atoms with Crippen LogP contribution in [0, 0.1) is 5.92 Å². The molecule has 0 aromatic heterocycles. The second-order valence-electron chi connectivity index (χ2n) is 7.85.